The number of nitrogens with zero attached hydrogens (tertiary/aromatic N) is 4. The first-order chi connectivity index (χ1) is 14.1. The van der Waals surface area contributed by atoms with Gasteiger partial charge in [-0.05, 0) is 57.0 Å². The molecule has 2 aromatic heterocycles. The van der Waals surface area contributed by atoms with Crippen LogP contribution in [0.2, 0.25) is 0 Å². The van der Waals surface area contributed by atoms with E-state index in [1.165, 1.54) is 0 Å². The highest BCUT2D eigenvalue weighted by Crippen LogP contribution is 2.31. The Morgan fingerprint density at radius 3 is 2.57 bits per heavy atom. The summed E-state index contributed by atoms with van der Waals surface area (Å²) in [4.78, 5) is 28.2. The van der Waals surface area contributed by atoms with Gasteiger partial charge in [0.15, 0.2) is 5.82 Å². The molecule has 5 N–H and O–H groups in total. The fourth-order valence-electron chi connectivity index (χ4n) is 3.56. The summed E-state index contributed by atoms with van der Waals surface area (Å²) < 4.78 is 2.89. The molecule has 0 aliphatic rings. The summed E-state index contributed by atoms with van der Waals surface area (Å²) in [7, 11) is 0. The van der Waals surface area contributed by atoms with Gasteiger partial charge in [0.2, 0.25) is 0 Å². The van der Waals surface area contributed by atoms with Crippen molar-refractivity contribution >= 4 is 38.6 Å². The number of carbonyl (C=O) groups excluding carboxylic acids is 1. The molecule has 9 nitrogen and oxygen atoms in total. The first kappa shape index (κ1) is 21.7. The van der Waals surface area contributed by atoms with Crippen molar-refractivity contribution in [1.82, 2.24) is 14.6 Å². The number of aromatic nitrogens is 2. The number of aromatic amines is 1. The summed E-state index contributed by atoms with van der Waals surface area (Å²) in [5.74, 6) is 11.0. The number of aryl methyl sites for hydroxylation is 2. The summed E-state index contributed by atoms with van der Waals surface area (Å²) in [5.41, 5.74) is 2.99. The quantitative estimate of drug-likeness (QED) is 0.225. The average Bonchev–Trinajstić information content (AvgIpc) is 3.00. The van der Waals surface area contributed by atoms with Crippen molar-refractivity contribution in [1.29, 1.82) is 0 Å². The van der Waals surface area contributed by atoms with E-state index in [1.54, 1.807) is 19.1 Å². The van der Waals surface area contributed by atoms with E-state index in [4.69, 9.17) is 11.7 Å². The molecule has 0 saturated heterocycles. The number of amides is 1. The second-order valence-electron chi connectivity index (χ2n) is 7.45. The molecule has 3 aromatic rings. The maximum absolute atomic E-state index is 13.2. The van der Waals surface area contributed by atoms with Crippen LogP contribution in [0, 0.1) is 13.8 Å². The Labute approximate surface area is 181 Å². The number of hydrogen-bond donors (Lipinski definition) is 3. The highest BCUT2D eigenvalue weighted by molar-refractivity contribution is 9.10. The molecule has 0 atom stereocenters. The van der Waals surface area contributed by atoms with Crippen LogP contribution in [0.3, 0.4) is 0 Å². The van der Waals surface area contributed by atoms with Crippen LogP contribution in [-0.4, -0.2) is 20.5 Å². The highest BCUT2D eigenvalue weighted by atomic mass is 79.9. The largest absolute Gasteiger partial charge is 0.345 e. The smallest absolute Gasteiger partial charge is 0.268 e. The third kappa shape index (κ3) is 4.01. The molecular formula is C20H24BrN7O2. The van der Waals surface area contributed by atoms with Crippen LogP contribution < -0.4 is 17.2 Å². The Kier molecular flexibility index (Phi) is 6.09. The molecule has 3 rings (SSSR count). The van der Waals surface area contributed by atoms with Crippen LogP contribution >= 0.6 is 15.9 Å². The van der Waals surface area contributed by atoms with Crippen molar-refractivity contribution in [2.45, 2.75) is 40.3 Å². The van der Waals surface area contributed by atoms with Crippen LogP contribution in [0.1, 0.15) is 46.9 Å². The highest BCUT2D eigenvalue weighted by Gasteiger charge is 2.22. The summed E-state index contributed by atoms with van der Waals surface area (Å²) in [6, 6.07) is 5.59. The lowest BCUT2D eigenvalue weighted by Gasteiger charge is -2.19. The number of hydrazine groups is 1. The molecular weight excluding hydrogens is 450 g/mol. The molecule has 0 fully saturated rings. The van der Waals surface area contributed by atoms with Gasteiger partial charge in [-0.3, -0.25) is 14.6 Å². The lowest BCUT2D eigenvalue weighted by atomic mass is 10.1. The van der Waals surface area contributed by atoms with Gasteiger partial charge in [-0.2, -0.15) is 0 Å². The van der Waals surface area contributed by atoms with Crippen molar-refractivity contribution < 1.29 is 4.79 Å². The number of pyridine rings is 1. The predicted molar refractivity (Wildman–Crippen MR) is 119 cm³/mol. The predicted octanol–water partition coefficient (Wildman–Crippen LogP) is 3.76. The van der Waals surface area contributed by atoms with Gasteiger partial charge in [-0.1, -0.05) is 21.2 Å². The summed E-state index contributed by atoms with van der Waals surface area (Å²) in [6.45, 7) is 7.81. The van der Waals surface area contributed by atoms with Crippen LogP contribution in [0.5, 0.6) is 0 Å². The maximum Gasteiger partial charge on any atom is 0.268 e. The number of nitrogens with two attached hydrogens (primary N) is 2. The van der Waals surface area contributed by atoms with Crippen molar-refractivity contribution in [2.75, 3.05) is 0 Å². The van der Waals surface area contributed by atoms with E-state index >= 15 is 0 Å². The van der Waals surface area contributed by atoms with Crippen molar-refractivity contribution in [2.24, 2.45) is 22.0 Å². The van der Waals surface area contributed by atoms with E-state index in [0.717, 1.165) is 25.9 Å². The normalized spacial score (nSPS) is 11.7. The van der Waals surface area contributed by atoms with Crippen molar-refractivity contribution in [3.8, 4) is 0 Å². The standard InChI is InChI=1S/C20H24BrN7O2/c1-10(2)27-8-12(4)18-14(6-13(21)7-16(18)27)20(30)28(23)9-15-11(3)5-17(25-26-22)24-19(15)29/h5-8,10H,9,23H2,1-4H3,(H3,22,24,25,29). The number of fused-ring (bicyclic) bond motifs is 1. The monoisotopic (exact) mass is 473 g/mol. The average molecular weight is 474 g/mol. The maximum atomic E-state index is 13.2. The first-order valence-electron chi connectivity index (χ1n) is 9.35. The fourth-order valence-corrected chi connectivity index (χ4v) is 4.00. The van der Waals surface area contributed by atoms with Gasteiger partial charge in [0.1, 0.15) is 0 Å². The molecule has 30 heavy (non-hydrogen) atoms. The van der Waals surface area contributed by atoms with E-state index in [0.29, 0.717) is 16.7 Å². The fraction of sp³-hybridized carbons (Fsp3) is 0.300. The summed E-state index contributed by atoms with van der Waals surface area (Å²) in [5, 5.41) is 8.69. The molecule has 0 radical (unpaired) electrons. The van der Waals surface area contributed by atoms with Gasteiger partial charge in [0.25, 0.3) is 11.5 Å². The lowest BCUT2D eigenvalue weighted by molar-refractivity contribution is 0.0744. The number of carbonyl (C=O) groups is 1. The minimum absolute atomic E-state index is 0.0575. The Morgan fingerprint density at radius 1 is 1.27 bits per heavy atom. The number of H-pyrrole nitrogens is 1. The minimum Gasteiger partial charge on any atom is -0.345 e. The Balaban J connectivity index is 2.02. The van der Waals surface area contributed by atoms with Crippen LogP contribution in [-0.2, 0) is 6.54 Å². The molecule has 158 valence electrons. The second kappa shape index (κ2) is 8.41. The molecule has 0 aliphatic carbocycles. The second-order valence-corrected chi connectivity index (χ2v) is 8.37. The Morgan fingerprint density at radius 2 is 1.97 bits per heavy atom. The number of rotatable bonds is 5. The lowest BCUT2D eigenvalue weighted by Crippen LogP contribution is -2.38. The first-order valence-corrected chi connectivity index (χ1v) is 10.1. The zero-order chi connectivity index (χ0) is 22.2. The van der Waals surface area contributed by atoms with Crippen LogP contribution in [0.4, 0.5) is 5.82 Å². The SMILES string of the molecule is Cc1cc(N=NN)[nH]c(=O)c1CN(N)C(=O)c1cc(Br)cc2c1c(C)cn2C(C)C. The zero-order valence-electron chi connectivity index (χ0n) is 17.2. The third-order valence-corrected chi connectivity index (χ3v) is 5.43. The number of hydrogen-bond acceptors (Lipinski definition) is 5. The van der Waals surface area contributed by atoms with E-state index in [-0.39, 0.29) is 24.3 Å². The number of nitrogens with one attached hydrogen (secondary N) is 1. The molecule has 1 aromatic carbocycles. The molecule has 1 amide bonds. The Hall–Kier alpha value is -2.98. The van der Waals surface area contributed by atoms with Crippen molar-refractivity contribution in [3.05, 3.63) is 61.5 Å². The van der Waals surface area contributed by atoms with Gasteiger partial charge >= 0.3 is 0 Å². The van der Waals surface area contributed by atoms with Gasteiger partial charge in [0, 0.05) is 27.7 Å². The Bertz CT molecular complexity index is 1210. The van der Waals surface area contributed by atoms with Gasteiger partial charge in [-0.15, -0.1) is 5.11 Å². The van der Waals surface area contributed by atoms with E-state index in [2.05, 4.69) is 49.7 Å². The number of benzene rings is 1. The summed E-state index contributed by atoms with van der Waals surface area (Å²) >= 11 is 3.50. The molecule has 0 spiro atoms. The molecule has 0 saturated carbocycles. The molecule has 2 heterocycles. The van der Waals surface area contributed by atoms with Crippen LogP contribution in [0.15, 0.2) is 44.0 Å². The van der Waals surface area contributed by atoms with E-state index in [1.807, 2.05) is 19.2 Å². The van der Waals surface area contributed by atoms with Crippen molar-refractivity contribution in [3.63, 3.8) is 0 Å². The van der Waals surface area contributed by atoms with Gasteiger partial charge in [0.05, 0.1) is 17.6 Å². The van der Waals surface area contributed by atoms with Gasteiger partial charge < -0.3 is 15.4 Å². The third-order valence-electron chi connectivity index (χ3n) is 4.97. The molecule has 10 heteroatoms. The minimum atomic E-state index is -0.401. The zero-order valence-corrected chi connectivity index (χ0v) is 18.8. The van der Waals surface area contributed by atoms with Crippen LogP contribution in [0.25, 0.3) is 10.9 Å². The molecule has 0 aliphatic heterocycles. The number of halogens is 1. The van der Waals surface area contributed by atoms with E-state index < -0.39 is 5.56 Å². The van der Waals surface area contributed by atoms with E-state index in [9.17, 15) is 9.59 Å². The van der Waals surface area contributed by atoms with Gasteiger partial charge in [-0.25, -0.2) is 5.84 Å². The molecule has 0 bridgehead atoms. The molecule has 0 unspecified atom stereocenters. The summed E-state index contributed by atoms with van der Waals surface area (Å²) in [6.07, 6.45) is 2.03. The topological polar surface area (TPSA) is 135 Å².